The van der Waals surface area contributed by atoms with Gasteiger partial charge in [0.25, 0.3) is 0 Å². The van der Waals surface area contributed by atoms with Crippen LogP contribution in [0.2, 0.25) is 0 Å². The predicted molar refractivity (Wildman–Crippen MR) is 71.1 cm³/mol. The minimum absolute atomic E-state index is 0.310. The van der Waals surface area contributed by atoms with E-state index in [1.54, 1.807) is 6.07 Å². The third-order valence-corrected chi connectivity index (χ3v) is 3.58. The molecule has 0 amide bonds. The minimum atomic E-state index is -0.334. The summed E-state index contributed by atoms with van der Waals surface area (Å²) in [7, 11) is 0. The molecule has 0 saturated heterocycles. The van der Waals surface area contributed by atoms with E-state index in [0.29, 0.717) is 22.1 Å². The number of nitrogen functional groups attached to an aromatic ring is 1. The van der Waals surface area contributed by atoms with Crippen LogP contribution in [-0.4, -0.2) is 6.04 Å². The molecule has 0 aliphatic carbocycles. The van der Waals surface area contributed by atoms with Gasteiger partial charge in [0.05, 0.1) is 15.8 Å². The second kappa shape index (κ2) is 5.53. The largest absolute Gasteiger partial charge is 0.397 e. The molecule has 3 N–H and O–H groups in total. The molecule has 1 aromatic carbocycles. The highest BCUT2D eigenvalue weighted by Crippen LogP contribution is 2.28. The third-order valence-electron chi connectivity index (χ3n) is 2.97. The maximum absolute atomic E-state index is 13.2. The molecule has 0 saturated carbocycles. The van der Waals surface area contributed by atoms with Crippen molar-refractivity contribution in [2.75, 3.05) is 11.1 Å². The lowest BCUT2D eigenvalue weighted by atomic mass is 10.0. The summed E-state index contributed by atoms with van der Waals surface area (Å²) in [4.78, 5) is 0. The van der Waals surface area contributed by atoms with Crippen molar-refractivity contribution in [1.82, 2.24) is 0 Å². The summed E-state index contributed by atoms with van der Waals surface area (Å²) in [6, 6.07) is 3.32. The Hall–Kier alpha value is -0.770. The number of rotatable bonds is 4. The zero-order valence-electron chi connectivity index (χ0n) is 9.85. The first kappa shape index (κ1) is 13.3. The molecule has 0 heterocycles. The molecular weight excluding hydrogens is 271 g/mol. The van der Waals surface area contributed by atoms with Crippen molar-refractivity contribution < 1.29 is 4.39 Å². The Bertz CT molecular complexity index is 368. The van der Waals surface area contributed by atoms with Gasteiger partial charge < -0.3 is 11.1 Å². The van der Waals surface area contributed by atoms with E-state index in [0.717, 1.165) is 12.1 Å². The molecule has 1 aromatic rings. The molecule has 0 aromatic heterocycles. The van der Waals surface area contributed by atoms with Crippen molar-refractivity contribution in [1.29, 1.82) is 0 Å². The lowest BCUT2D eigenvalue weighted by Gasteiger charge is -2.22. The van der Waals surface area contributed by atoms with Gasteiger partial charge in [0, 0.05) is 12.1 Å². The molecule has 2 unspecified atom stereocenters. The van der Waals surface area contributed by atoms with E-state index in [1.807, 2.05) is 0 Å². The highest BCUT2D eigenvalue weighted by molar-refractivity contribution is 9.10. The molecular formula is C12H18BrFN2. The van der Waals surface area contributed by atoms with Crippen LogP contribution >= 0.6 is 15.9 Å². The van der Waals surface area contributed by atoms with Crippen molar-refractivity contribution in [2.45, 2.75) is 33.2 Å². The van der Waals surface area contributed by atoms with Gasteiger partial charge in [-0.05, 0) is 34.8 Å². The first-order valence-electron chi connectivity index (χ1n) is 5.46. The fourth-order valence-electron chi connectivity index (χ4n) is 1.43. The Morgan fingerprint density at radius 3 is 2.62 bits per heavy atom. The third kappa shape index (κ3) is 3.11. The molecule has 4 heteroatoms. The van der Waals surface area contributed by atoms with Crippen LogP contribution in [0.3, 0.4) is 0 Å². The minimum Gasteiger partial charge on any atom is -0.397 e. The molecule has 0 radical (unpaired) electrons. The summed E-state index contributed by atoms with van der Waals surface area (Å²) >= 11 is 3.15. The molecule has 0 bridgehead atoms. The van der Waals surface area contributed by atoms with E-state index in [4.69, 9.17) is 5.73 Å². The Morgan fingerprint density at radius 2 is 2.06 bits per heavy atom. The van der Waals surface area contributed by atoms with Crippen LogP contribution in [-0.2, 0) is 0 Å². The summed E-state index contributed by atoms with van der Waals surface area (Å²) in [5, 5.41) is 3.31. The smallest absolute Gasteiger partial charge is 0.139 e. The summed E-state index contributed by atoms with van der Waals surface area (Å²) in [6.45, 7) is 6.42. The Labute approximate surface area is 105 Å². The van der Waals surface area contributed by atoms with Crippen LogP contribution in [0.1, 0.15) is 27.2 Å². The van der Waals surface area contributed by atoms with Crippen LogP contribution in [0.5, 0.6) is 0 Å². The highest BCUT2D eigenvalue weighted by atomic mass is 79.9. The first-order valence-corrected chi connectivity index (χ1v) is 6.26. The van der Waals surface area contributed by atoms with Crippen LogP contribution in [0.25, 0.3) is 0 Å². The van der Waals surface area contributed by atoms with Crippen molar-refractivity contribution >= 4 is 27.3 Å². The molecule has 0 spiro atoms. The lowest BCUT2D eigenvalue weighted by molar-refractivity contribution is 0.494. The van der Waals surface area contributed by atoms with Gasteiger partial charge in [0.1, 0.15) is 5.82 Å². The van der Waals surface area contributed by atoms with Crippen LogP contribution < -0.4 is 11.1 Å². The van der Waals surface area contributed by atoms with Crippen molar-refractivity contribution in [3.63, 3.8) is 0 Å². The van der Waals surface area contributed by atoms with Gasteiger partial charge in [-0.3, -0.25) is 0 Å². The van der Waals surface area contributed by atoms with E-state index in [-0.39, 0.29) is 5.82 Å². The zero-order chi connectivity index (χ0) is 12.3. The number of anilines is 2. The number of benzene rings is 1. The molecule has 0 aliphatic heterocycles. The van der Waals surface area contributed by atoms with Gasteiger partial charge in [-0.2, -0.15) is 0 Å². The van der Waals surface area contributed by atoms with Crippen molar-refractivity contribution in [2.24, 2.45) is 5.92 Å². The second-order valence-electron chi connectivity index (χ2n) is 4.17. The lowest BCUT2D eigenvalue weighted by Crippen LogP contribution is -2.23. The number of halogens is 2. The quantitative estimate of drug-likeness (QED) is 0.822. The van der Waals surface area contributed by atoms with Gasteiger partial charge in [-0.1, -0.05) is 20.3 Å². The Kier molecular flexibility index (Phi) is 4.59. The topological polar surface area (TPSA) is 38.0 Å². The average molecular weight is 289 g/mol. The summed E-state index contributed by atoms with van der Waals surface area (Å²) in [5.74, 6) is 0.211. The number of nitrogens with one attached hydrogen (secondary N) is 1. The second-order valence-corrected chi connectivity index (χ2v) is 5.03. The highest BCUT2D eigenvalue weighted by Gasteiger charge is 2.12. The average Bonchev–Trinajstić information content (AvgIpc) is 2.24. The fourth-order valence-corrected chi connectivity index (χ4v) is 1.77. The molecule has 0 fully saturated rings. The van der Waals surface area contributed by atoms with E-state index in [1.165, 1.54) is 6.07 Å². The van der Waals surface area contributed by atoms with E-state index < -0.39 is 0 Å². The van der Waals surface area contributed by atoms with Gasteiger partial charge in [0.15, 0.2) is 0 Å². The van der Waals surface area contributed by atoms with E-state index >= 15 is 0 Å². The SMILES string of the molecule is CCC(C)C(C)Nc1cc(Br)c(F)cc1N. The van der Waals surface area contributed by atoms with Gasteiger partial charge >= 0.3 is 0 Å². The normalized spacial score (nSPS) is 14.6. The molecule has 2 atom stereocenters. The van der Waals surface area contributed by atoms with E-state index in [9.17, 15) is 4.39 Å². The Balaban J connectivity index is 2.85. The maximum Gasteiger partial charge on any atom is 0.139 e. The van der Waals surface area contributed by atoms with Crippen LogP contribution in [0.4, 0.5) is 15.8 Å². The number of hydrogen-bond donors (Lipinski definition) is 2. The monoisotopic (exact) mass is 288 g/mol. The first-order chi connectivity index (χ1) is 7.45. The van der Waals surface area contributed by atoms with Crippen molar-refractivity contribution in [3.8, 4) is 0 Å². The van der Waals surface area contributed by atoms with Gasteiger partial charge in [-0.25, -0.2) is 4.39 Å². The van der Waals surface area contributed by atoms with E-state index in [2.05, 4.69) is 42.0 Å². The molecule has 1 rings (SSSR count). The fraction of sp³-hybridized carbons (Fsp3) is 0.500. The Morgan fingerprint density at radius 1 is 1.44 bits per heavy atom. The van der Waals surface area contributed by atoms with Gasteiger partial charge in [-0.15, -0.1) is 0 Å². The predicted octanol–water partition coefficient (Wildman–Crippen LogP) is 4.02. The molecule has 2 nitrogen and oxygen atoms in total. The number of nitrogens with two attached hydrogens (primary N) is 1. The summed E-state index contributed by atoms with van der Waals surface area (Å²) in [6.07, 6.45) is 1.09. The van der Waals surface area contributed by atoms with Crippen LogP contribution in [0.15, 0.2) is 16.6 Å². The summed E-state index contributed by atoms with van der Waals surface area (Å²) < 4.78 is 13.6. The number of hydrogen-bond acceptors (Lipinski definition) is 2. The molecule has 90 valence electrons. The summed E-state index contributed by atoms with van der Waals surface area (Å²) in [5.41, 5.74) is 6.98. The van der Waals surface area contributed by atoms with Crippen LogP contribution in [0, 0.1) is 11.7 Å². The molecule has 16 heavy (non-hydrogen) atoms. The van der Waals surface area contributed by atoms with Gasteiger partial charge in [0.2, 0.25) is 0 Å². The maximum atomic E-state index is 13.2. The van der Waals surface area contributed by atoms with Crippen molar-refractivity contribution in [3.05, 3.63) is 22.4 Å². The zero-order valence-corrected chi connectivity index (χ0v) is 11.4. The molecule has 0 aliphatic rings. The standard InChI is InChI=1S/C12H18BrFN2/c1-4-7(2)8(3)16-12-5-9(13)10(14)6-11(12)15/h5-8,16H,4,15H2,1-3H3.